The van der Waals surface area contributed by atoms with Crippen molar-refractivity contribution in [2.24, 2.45) is 0 Å². The standard InChI is InChI=1S/C9H17NO4/c1-9(2,3)14-8(12)10-4-5-13-7(10)6-11/h7,11H,4-6H2,1-3H3. The third-order valence-corrected chi connectivity index (χ3v) is 1.77. The lowest BCUT2D eigenvalue weighted by Crippen LogP contribution is -2.41. The molecule has 1 rings (SSSR count). The molecule has 1 unspecified atom stereocenters. The lowest BCUT2D eigenvalue weighted by atomic mass is 10.2. The number of nitrogens with zero attached hydrogens (tertiary/aromatic N) is 1. The highest BCUT2D eigenvalue weighted by atomic mass is 16.6. The van der Waals surface area contributed by atoms with Gasteiger partial charge in [0.05, 0.1) is 19.8 Å². The maximum absolute atomic E-state index is 11.5. The predicted molar refractivity (Wildman–Crippen MR) is 49.8 cm³/mol. The van der Waals surface area contributed by atoms with Gasteiger partial charge in [0.15, 0.2) is 6.23 Å². The van der Waals surface area contributed by atoms with Crippen molar-refractivity contribution in [1.29, 1.82) is 0 Å². The zero-order valence-corrected chi connectivity index (χ0v) is 8.82. The minimum absolute atomic E-state index is 0.195. The smallest absolute Gasteiger partial charge is 0.412 e. The van der Waals surface area contributed by atoms with E-state index in [4.69, 9.17) is 14.6 Å². The Hall–Kier alpha value is -0.810. The zero-order chi connectivity index (χ0) is 10.8. The molecule has 82 valence electrons. The second-order valence-electron chi connectivity index (χ2n) is 4.18. The van der Waals surface area contributed by atoms with Crippen molar-refractivity contribution in [3.05, 3.63) is 0 Å². The summed E-state index contributed by atoms with van der Waals surface area (Å²) in [5.74, 6) is 0. The first kappa shape index (κ1) is 11.3. The Labute approximate surface area is 83.6 Å². The van der Waals surface area contributed by atoms with E-state index in [9.17, 15) is 4.79 Å². The number of carbonyl (C=O) groups is 1. The van der Waals surface area contributed by atoms with Gasteiger partial charge in [-0.1, -0.05) is 0 Å². The van der Waals surface area contributed by atoms with Crippen molar-refractivity contribution in [2.45, 2.75) is 32.6 Å². The Morgan fingerprint density at radius 2 is 2.29 bits per heavy atom. The molecular weight excluding hydrogens is 186 g/mol. The van der Waals surface area contributed by atoms with Gasteiger partial charge in [-0.15, -0.1) is 0 Å². The lowest BCUT2D eigenvalue weighted by molar-refractivity contribution is -0.0298. The van der Waals surface area contributed by atoms with Gasteiger partial charge in [-0.25, -0.2) is 4.79 Å². The normalized spacial score (nSPS) is 22.6. The average Bonchev–Trinajstić information content (AvgIpc) is 2.47. The SMILES string of the molecule is CC(C)(C)OC(=O)N1CCOC1CO. The van der Waals surface area contributed by atoms with Crippen molar-refractivity contribution in [3.8, 4) is 0 Å². The number of ether oxygens (including phenoxy) is 2. The predicted octanol–water partition coefficient (Wildman–Crippen LogP) is 0.572. The number of amides is 1. The van der Waals surface area contributed by atoms with Crippen LogP contribution in [0.2, 0.25) is 0 Å². The first-order valence-corrected chi connectivity index (χ1v) is 4.66. The number of rotatable bonds is 1. The molecule has 5 nitrogen and oxygen atoms in total. The van der Waals surface area contributed by atoms with E-state index < -0.39 is 17.9 Å². The summed E-state index contributed by atoms with van der Waals surface area (Å²) >= 11 is 0. The van der Waals surface area contributed by atoms with E-state index in [1.807, 2.05) is 0 Å². The molecule has 0 aromatic carbocycles. The molecule has 1 aliphatic heterocycles. The Bertz CT molecular complexity index is 211. The van der Waals surface area contributed by atoms with Crippen molar-refractivity contribution in [2.75, 3.05) is 19.8 Å². The third-order valence-electron chi connectivity index (χ3n) is 1.77. The molecule has 0 aliphatic carbocycles. The fourth-order valence-corrected chi connectivity index (χ4v) is 1.20. The summed E-state index contributed by atoms with van der Waals surface area (Å²) in [5.41, 5.74) is -0.514. The molecule has 1 fully saturated rings. The molecule has 0 radical (unpaired) electrons. The van der Waals surface area contributed by atoms with Crippen LogP contribution < -0.4 is 0 Å². The number of aliphatic hydroxyl groups excluding tert-OH is 1. The van der Waals surface area contributed by atoms with Crippen LogP contribution in [0.1, 0.15) is 20.8 Å². The van der Waals surface area contributed by atoms with Gasteiger partial charge in [-0.05, 0) is 20.8 Å². The van der Waals surface area contributed by atoms with Gasteiger partial charge in [-0.2, -0.15) is 0 Å². The van der Waals surface area contributed by atoms with Crippen LogP contribution in [0.25, 0.3) is 0 Å². The summed E-state index contributed by atoms with van der Waals surface area (Å²) in [6, 6.07) is 0. The summed E-state index contributed by atoms with van der Waals surface area (Å²) in [4.78, 5) is 12.9. The van der Waals surface area contributed by atoms with E-state index in [2.05, 4.69) is 0 Å². The molecule has 0 aromatic heterocycles. The van der Waals surface area contributed by atoms with Crippen molar-refractivity contribution >= 4 is 6.09 Å². The second kappa shape index (κ2) is 4.14. The summed E-state index contributed by atoms with van der Waals surface area (Å²) in [7, 11) is 0. The highest BCUT2D eigenvalue weighted by Crippen LogP contribution is 2.15. The fraction of sp³-hybridized carbons (Fsp3) is 0.889. The number of carbonyl (C=O) groups excluding carboxylic acids is 1. The quantitative estimate of drug-likeness (QED) is 0.677. The van der Waals surface area contributed by atoms with Gasteiger partial charge in [0.2, 0.25) is 0 Å². The van der Waals surface area contributed by atoms with E-state index in [1.165, 1.54) is 4.90 Å². The highest BCUT2D eigenvalue weighted by molar-refractivity contribution is 5.68. The van der Waals surface area contributed by atoms with E-state index in [0.717, 1.165) is 0 Å². The number of hydrogen-bond acceptors (Lipinski definition) is 4. The molecule has 0 bridgehead atoms. The van der Waals surface area contributed by atoms with Crippen molar-refractivity contribution in [1.82, 2.24) is 4.90 Å². The van der Waals surface area contributed by atoms with Gasteiger partial charge in [-0.3, -0.25) is 4.90 Å². The van der Waals surface area contributed by atoms with E-state index in [1.54, 1.807) is 20.8 Å². The molecule has 0 aromatic rings. The first-order valence-electron chi connectivity index (χ1n) is 4.66. The monoisotopic (exact) mass is 203 g/mol. The van der Waals surface area contributed by atoms with Gasteiger partial charge >= 0.3 is 6.09 Å². The van der Waals surface area contributed by atoms with Crippen LogP contribution >= 0.6 is 0 Å². The fourth-order valence-electron chi connectivity index (χ4n) is 1.20. The Balaban J connectivity index is 2.52. The lowest BCUT2D eigenvalue weighted by Gasteiger charge is -2.26. The Morgan fingerprint density at radius 3 is 2.79 bits per heavy atom. The molecule has 1 heterocycles. The molecular formula is C9H17NO4. The van der Waals surface area contributed by atoms with Crippen molar-refractivity contribution in [3.63, 3.8) is 0 Å². The summed E-state index contributed by atoms with van der Waals surface area (Å²) in [5, 5.41) is 8.91. The summed E-state index contributed by atoms with van der Waals surface area (Å²) in [6.07, 6.45) is -0.987. The minimum Gasteiger partial charge on any atom is -0.444 e. The van der Waals surface area contributed by atoms with Gasteiger partial charge in [0.25, 0.3) is 0 Å². The summed E-state index contributed by atoms with van der Waals surface area (Å²) < 4.78 is 10.3. The molecule has 0 saturated carbocycles. The number of aliphatic hydroxyl groups is 1. The van der Waals surface area contributed by atoms with Gasteiger partial charge in [0, 0.05) is 0 Å². The maximum Gasteiger partial charge on any atom is 0.412 e. The molecule has 1 atom stereocenters. The average molecular weight is 203 g/mol. The topological polar surface area (TPSA) is 59.0 Å². The van der Waals surface area contributed by atoms with Crippen LogP contribution in [0.5, 0.6) is 0 Å². The van der Waals surface area contributed by atoms with E-state index in [-0.39, 0.29) is 6.61 Å². The largest absolute Gasteiger partial charge is 0.444 e. The van der Waals surface area contributed by atoms with Gasteiger partial charge in [0.1, 0.15) is 5.60 Å². The molecule has 1 saturated heterocycles. The van der Waals surface area contributed by atoms with E-state index >= 15 is 0 Å². The molecule has 1 amide bonds. The second-order valence-corrected chi connectivity index (χ2v) is 4.18. The maximum atomic E-state index is 11.5. The van der Waals surface area contributed by atoms with Crippen LogP contribution in [0.4, 0.5) is 4.79 Å². The Kier molecular flexibility index (Phi) is 3.34. The van der Waals surface area contributed by atoms with Crippen LogP contribution in [0.15, 0.2) is 0 Å². The van der Waals surface area contributed by atoms with E-state index in [0.29, 0.717) is 13.2 Å². The Morgan fingerprint density at radius 1 is 1.64 bits per heavy atom. The van der Waals surface area contributed by atoms with Crippen molar-refractivity contribution < 1.29 is 19.4 Å². The van der Waals surface area contributed by atoms with Gasteiger partial charge < -0.3 is 14.6 Å². The molecule has 1 aliphatic rings. The molecule has 1 N–H and O–H groups in total. The van der Waals surface area contributed by atoms with Crippen LogP contribution in [-0.2, 0) is 9.47 Å². The van der Waals surface area contributed by atoms with Crippen LogP contribution in [0.3, 0.4) is 0 Å². The summed E-state index contributed by atoms with van der Waals surface area (Å²) in [6.45, 7) is 6.13. The molecule has 14 heavy (non-hydrogen) atoms. The number of hydrogen-bond donors (Lipinski definition) is 1. The first-order chi connectivity index (χ1) is 6.44. The molecule has 5 heteroatoms. The highest BCUT2D eigenvalue weighted by Gasteiger charge is 2.32. The van der Waals surface area contributed by atoms with Crippen LogP contribution in [0, 0.1) is 0 Å². The minimum atomic E-state index is -0.551. The molecule has 0 spiro atoms. The van der Waals surface area contributed by atoms with Crippen LogP contribution in [-0.4, -0.2) is 47.7 Å². The third kappa shape index (κ3) is 2.85. The zero-order valence-electron chi connectivity index (χ0n) is 8.82.